The van der Waals surface area contributed by atoms with Crippen molar-refractivity contribution in [3.05, 3.63) is 23.8 Å². The summed E-state index contributed by atoms with van der Waals surface area (Å²) in [5.74, 6) is -0.855. The summed E-state index contributed by atoms with van der Waals surface area (Å²) in [5.41, 5.74) is -2.42. The van der Waals surface area contributed by atoms with E-state index in [-0.39, 0.29) is 17.8 Å². The van der Waals surface area contributed by atoms with Crippen LogP contribution >= 0.6 is 0 Å². The molecule has 4 fully saturated rings. The number of carbonyl (C=O) groups excluding carboxylic acids is 2. The third kappa shape index (κ3) is 2.65. The van der Waals surface area contributed by atoms with Crippen molar-refractivity contribution in [2.75, 3.05) is 7.11 Å². The van der Waals surface area contributed by atoms with Crippen LogP contribution in [0.3, 0.4) is 0 Å². The summed E-state index contributed by atoms with van der Waals surface area (Å²) in [6.07, 6.45) is 4.39. The van der Waals surface area contributed by atoms with Gasteiger partial charge in [-0.3, -0.25) is 4.79 Å². The summed E-state index contributed by atoms with van der Waals surface area (Å²) in [7, 11) is 1.40. The first-order valence-corrected chi connectivity index (χ1v) is 11.9. The number of rotatable bonds is 3. The lowest BCUT2D eigenvalue weighted by Crippen LogP contribution is -2.75. The SMILES string of the molecule is C=C1C2CCC3(O)C4(C)CCCC(C)(C(=O)OC)C4CC(O)C3(C2)C1OC(=O)C(C)=CC. The smallest absolute Gasteiger partial charge is 0.333 e. The van der Waals surface area contributed by atoms with Crippen LogP contribution < -0.4 is 0 Å². The molecule has 6 heteroatoms. The molecule has 178 valence electrons. The van der Waals surface area contributed by atoms with E-state index in [0.29, 0.717) is 31.3 Å². The fraction of sp³-hybridized carbons (Fsp3) is 0.769. The molecule has 0 radical (unpaired) electrons. The maximum absolute atomic E-state index is 12.9. The number of aliphatic hydroxyl groups excluding tert-OH is 1. The summed E-state index contributed by atoms with van der Waals surface area (Å²) in [5, 5.41) is 24.3. The third-order valence-corrected chi connectivity index (χ3v) is 10.1. The first kappa shape index (κ1) is 23.5. The summed E-state index contributed by atoms with van der Waals surface area (Å²) >= 11 is 0. The lowest BCUT2D eigenvalue weighted by Gasteiger charge is -2.69. The van der Waals surface area contributed by atoms with Crippen LogP contribution in [0.2, 0.25) is 0 Å². The van der Waals surface area contributed by atoms with Crippen LogP contribution in [-0.2, 0) is 19.1 Å². The summed E-state index contributed by atoms with van der Waals surface area (Å²) in [6.45, 7) is 11.7. The third-order valence-electron chi connectivity index (χ3n) is 10.1. The molecule has 0 saturated heterocycles. The highest BCUT2D eigenvalue weighted by atomic mass is 16.5. The van der Waals surface area contributed by atoms with Crippen LogP contribution in [-0.4, -0.2) is 47.1 Å². The molecule has 32 heavy (non-hydrogen) atoms. The van der Waals surface area contributed by atoms with Crippen LogP contribution in [0.5, 0.6) is 0 Å². The average molecular weight is 447 g/mol. The summed E-state index contributed by atoms with van der Waals surface area (Å²) < 4.78 is 11.2. The van der Waals surface area contributed by atoms with Crippen molar-refractivity contribution in [1.82, 2.24) is 0 Å². The Labute approximate surface area is 191 Å². The van der Waals surface area contributed by atoms with E-state index in [4.69, 9.17) is 9.47 Å². The number of allylic oxidation sites excluding steroid dienone is 1. The molecule has 4 saturated carbocycles. The first-order chi connectivity index (χ1) is 14.9. The highest BCUT2D eigenvalue weighted by Gasteiger charge is 2.78. The quantitative estimate of drug-likeness (QED) is 0.390. The maximum Gasteiger partial charge on any atom is 0.333 e. The molecule has 0 heterocycles. The number of ether oxygens (including phenoxy) is 2. The van der Waals surface area contributed by atoms with Gasteiger partial charge >= 0.3 is 11.9 Å². The van der Waals surface area contributed by atoms with E-state index in [1.54, 1.807) is 19.9 Å². The number of hydrogen-bond acceptors (Lipinski definition) is 6. The van der Waals surface area contributed by atoms with Crippen LogP contribution in [0.4, 0.5) is 0 Å². The Bertz CT molecular complexity index is 878. The molecular weight excluding hydrogens is 408 g/mol. The molecule has 4 rings (SSSR count). The molecule has 6 nitrogen and oxygen atoms in total. The van der Waals surface area contributed by atoms with Gasteiger partial charge < -0.3 is 19.7 Å². The van der Waals surface area contributed by atoms with Crippen LogP contribution in [0.25, 0.3) is 0 Å². The van der Waals surface area contributed by atoms with E-state index >= 15 is 0 Å². The van der Waals surface area contributed by atoms with Crippen molar-refractivity contribution in [2.45, 2.75) is 90.4 Å². The molecule has 0 aromatic carbocycles. The zero-order valence-electron chi connectivity index (χ0n) is 20.1. The Morgan fingerprint density at radius 1 is 1.22 bits per heavy atom. The second-order valence-electron chi connectivity index (χ2n) is 11.2. The van der Waals surface area contributed by atoms with Crippen LogP contribution in [0, 0.1) is 28.1 Å². The Morgan fingerprint density at radius 3 is 2.53 bits per heavy atom. The second-order valence-corrected chi connectivity index (χ2v) is 11.2. The normalized spacial score (nSPS) is 48.0. The van der Waals surface area contributed by atoms with E-state index in [9.17, 15) is 19.8 Å². The highest BCUT2D eigenvalue weighted by molar-refractivity contribution is 5.88. The molecule has 4 aliphatic rings. The second kappa shape index (κ2) is 7.42. The minimum absolute atomic E-state index is 0.101. The Kier molecular flexibility index (Phi) is 5.45. The maximum atomic E-state index is 12.9. The summed E-state index contributed by atoms with van der Waals surface area (Å²) in [4.78, 5) is 25.7. The minimum Gasteiger partial charge on any atom is -0.469 e. The number of methoxy groups -OCH3 is 1. The lowest BCUT2D eigenvalue weighted by molar-refractivity contribution is -0.309. The van der Waals surface area contributed by atoms with Gasteiger partial charge in [-0.15, -0.1) is 0 Å². The highest BCUT2D eigenvalue weighted by Crippen LogP contribution is 2.74. The number of carbonyl (C=O) groups is 2. The standard InChI is InChI=1S/C26H38O6/c1-7-15(2)21(28)32-20-16(3)17-9-12-26(30)24(5)11-8-10-23(4,22(29)31-6)18(24)13-19(27)25(20,26)14-17/h7,17-20,27,30H,3,8-14H2,1-2,4-6H3. The molecule has 0 amide bonds. The predicted octanol–water partition coefficient (Wildman–Crippen LogP) is 3.70. The zero-order chi connectivity index (χ0) is 23.7. The van der Waals surface area contributed by atoms with E-state index < -0.39 is 40.0 Å². The number of fused-ring (bicyclic) bond motifs is 3. The average Bonchev–Trinajstić information content (AvgIpc) is 3.00. The van der Waals surface area contributed by atoms with Gasteiger partial charge in [0.15, 0.2) is 0 Å². The van der Waals surface area contributed by atoms with Crippen molar-refractivity contribution in [3.8, 4) is 0 Å². The number of hydrogen-bond donors (Lipinski definition) is 2. The monoisotopic (exact) mass is 446 g/mol. The van der Waals surface area contributed by atoms with Gasteiger partial charge in [-0.1, -0.05) is 26.0 Å². The molecule has 8 unspecified atom stereocenters. The van der Waals surface area contributed by atoms with Crippen molar-refractivity contribution in [1.29, 1.82) is 0 Å². The van der Waals surface area contributed by atoms with E-state index in [1.807, 2.05) is 6.92 Å². The van der Waals surface area contributed by atoms with Gasteiger partial charge in [0.2, 0.25) is 0 Å². The Hall–Kier alpha value is -1.66. The van der Waals surface area contributed by atoms with Crippen molar-refractivity contribution in [3.63, 3.8) is 0 Å². The van der Waals surface area contributed by atoms with Crippen molar-refractivity contribution >= 4 is 11.9 Å². The van der Waals surface area contributed by atoms with Gasteiger partial charge in [0, 0.05) is 11.0 Å². The van der Waals surface area contributed by atoms with E-state index in [0.717, 1.165) is 24.8 Å². The van der Waals surface area contributed by atoms with E-state index in [1.165, 1.54) is 7.11 Å². The number of esters is 2. The molecule has 0 aromatic heterocycles. The van der Waals surface area contributed by atoms with Gasteiger partial charge in [0.25, 0.3) is 0 Å². The zero-order valence-corrected chi connectivity index (χ0v) is 20.1. The summed E-state index contributed by atoms with van der Waals surface area (Å²) in [6, 6.07) is 0. The van der Waals surface area contributed by atoms with Gasteiger partial charge in [-0.2, -0.15) is 0 Å². The fourth-order valence-electron chi connectivity index (χ4n) is 8.18. The molecule has 0 aromatic rings. The van der Waals surface area contributed by atoms with Gasteiger partial charge in [0.05, 0.1) is 29.6 Å². The minimum atomic E-state index is -1.29. The molecule has 8 atom stereocenters. The topological polar surface area (TPSA) is 93.1 Å². The fourth-order valence-corrected chi connectivity index (χ4v) is 8.18. The molecule has 1 spiro atoms. The van der Waals surface area contributed by atoms with Gasteiger partial charge in [0.1, 0.15) is 6.10 Å². The Balaban J connectivity index is 1.84. The molecule has 2 N–H and O–H groups in total. The molecular formula is C26H38O6. The van der Waals surface area contributed by atoms with E-state index in [2.05, 4.69) is 13.5 Å². The molecule has 2 bridgehead atoms. The van der Waals surface area contributed by atoms with Gasteiger partial charge in [-0.05, 0) is 76.7 Å². The largest absolute Gasteiger partial charge is 0.469 e. The van der Waals surface area contributed by atoms with Crippen LogP contribution in [0.1, 0.15) is 72.6 Å². The van der Waals surface area contributed by atoms with Crippen LogP contribution in [0.15, 0.2) is 23.8 Å². The van der Waals surface area contributed by atoms with Crippen molar-refractivity contribution in [2.24, 2.45) is 28.1 Å². The Morgan fingerprint density at radius 2 is 1.91 bits per heavy atom. The predicted molar refractivity (Wildman–Crippen MR) is 119 cm³/mol. The number of aliphatic hydroxyl groups is 2. The first-order valence-electron chi connectivity index (χ1n) is 11.9. The van der Waals surface area contributed by atoms with Gasteiger partial charge in [-0.25, -0.2) is 4.79 Å². The molecule has 4 aliphatic carbocycles. The van der Waals surface area contributed by atoms with Crippen molar-refractivity contribution < 1.29 is 29.3 Å². The lowest BCUT2D eigenvalue weighted by atomic mass is 9.37. The molecule has 0 aliphatic heterocycles.